The van der Waals surface area contributed by atoms with Crippen molar-refractivity contribution >= 4 is 10.2 Å². The number of nitrogens with zero attached hydrogens (tertiary/aromatic N) is 2. The summed E-state index contributed by atoms with van der Waals surface area (Å²) < 4.78 is 28.6. The maximum absolute atomic E-state index is 12.6. The van der Waals surface area contributed by atoms with Gasteiger partial charge in [-0.15, -0.1) is 0 Å². The maximum Gasteiger partial charge on any atom is 0.282 e. The lowest BCUT2D eigenvalue weighted by molar-refractivity contribution is 0.249. The van der Waals surface area contributed by atoms with Crippen molar-refractivity contribution in [1.29, 1.82) is 0 Å². The second-order valence-corrected chi connectivity index (χ2v) is 7.87. The average molecular weight is 303 g/mol. The zero-order chi connectivity index (χ0) is 14.6. The number of hydrogen-bond acceptors (Lipinski definition) is 3. The highest BCUT2D eigenvalue weighted by atomic mass is 32.2. The van der Waals surface area contributed by atoms with Crippen LogP contribution in [-0.4, -0.2) is 55.8 Å². The maximum atomic E-state index is 12.6. The van der Waals surface area contributed by atoms with E-state index in [1.165, 1.54) is 0 Å². The molecule has 5 nitrogen and oxygen atoms in total. The van der Waals surface area contributed by atoms with Crippen molar-refractivity contribution in [2.75, 3.05) is 32.7 Å². The van der Waals surface area contributed by atoms with E-state index in [-0.39, 0.29) is 6.04 Å². The van der Waals surface area contributed by atoms with Gasteiger partial charge in [0, 0.05) is 25.7 Å². The molecule has 0 amide bonds. The highest BCUT2D eigenvalue weighted by Crippen LogP contribution is 2.31. The Morgan fingerprint density at radius 3 is 2.30 bits per heavy atom. The molecule has 0 aromatic heterocycles. The van der Waals surface area contributed by atoms with Crippen LogP contribution in [0.1, 0.15) is 46.0 Å². The Bertz CT molecular complexity index is 387. The van der Waals surface area contributed by atoms with Crippen molar-refractivity contribution < 1.29 is 8.42 Å². The first kappa shape index (κ1) is 16.2. The largest absolute Gasteiger partial charge is 0.316 e. The molecule has 0 bridgehead atoms. The second kappa shape index (κ2) is 7.20. The summed E-state index contributed by atoms with van der Waals surface area (Å²) >= 11 is 0. The van der Waals surface area contributed by atoms with Gasteiger partial charge < -0.3 is 5.32 Å². The van der Waals surface area contributed by atoms with Crippen molar-refractivity contribution in [3.8, 4) is 0 Å². The summed E-state index contributed by atoms with van der Waals surface area (Å²) in [5, 5.41) is 3.44. The minimum absolute atomic E-state index is 0.272. The Hall–Kier alpha value is -0.170. The topological polar surface area (TPSA) is 52.7 Å². The third-order valence-corrected chi connectivity index (χ3v) is 6.49. The Labute approximate surface area is 123 Å². The average Bonchev–Trinajstić information content (AvgIpc) is 3.25. The molecule has 2 rings (SSSR count). The monoisotopic (exact) mass is 303 g/mol. The molecular formula is C14H29N3O2S. The molecule has 0 aromatic rings. The molecule has 2 aliphatic rings. The lowest BCUT2D eigenvalue weighted by atomic mass is 9.98. The molecule has 0 radical (unpaired) electrons. The summed E-state index contributed by atoms with van der Waals surface area (Å²) in [7, 11) is -3.21. The minimum Gasteiger partial charge on any atom is -0.316 e. The molecule has 1 aliphatic heterocycles. The molecule has 1 N–H and O–H groups in total. The molecule has 20 heavy (non-hydrogen) atoms. The fourth-order valence-electron chi connectivity index (χ4n) is 2.95. The van der Waals surface area contributed by atoms with Crippen molar-refractivity contribution in [2.45, 2.75) is 52.0 Å². The van der Waals surface area contributed by atoms with Crippen LogP contribution in [0.25, 0.3) is 0 Å². The highest BCUT2D eigenvalue weighted by molar-refractivity contribution is 7.86. The lowest BCUT2D eigenvalue weighted by Crippen LogP contribution is -2.48. The van der Waals surface area contributed by atoms with Gasteiger partial charge in [-0.05, 0) is 51.1 Å². The van der Waals surface area contributed by atoms with E-state index in [9.17, 15) is 8.42 Å². The molecule has 118 valence electrons. The number of hydrogen-bond donors (Lipinski definition) is 1. The number of nitrogens with one attached hydrogen (secondary N) is 1. The van der Waals surface area contributed by atoms with Crippen LogP contribution in [0.2, 0.25) is 0 Å². The van der Waals surface area contributed by atoms with Crippen LogP contribution in [0.3, 0.4) is 0 Å². The Morgan fingerprint density at radius 1 is 1.15 bits per heavy atom. The molecule has 0 aromatic carbocycles. The molecule has 0 unspecified atom stereocenters. The van der Waals surface area contributed by atoms with E-state index in [1.54, 1.807) is 8.61 Å². The molecule has 2 fully saturated rings. The fourth-order valence-corrected chi connectivity index (χ4v) is 4.83. The van der Waals surface area contributed by atoms with E-state index in [2.05, 4.69) is 12.2 Å². The molecule has 1 saturated heterocycles. The third kappa shape index (κ3) is 3.93. The van der Waals surface area contributed by atoms with Crippen molar-refractivity contribution in [1.82, 2.24) is 13.9 Å². The predicted molar refractivity (Wildman–Crippen MR) is 81.8 cm³/mol. The summed E-state index contributed by atoms with van der Waals surface area (Å²) in [4.78, 5) is 0. The van der Waals surface area contributed by atoms with Gasteiger partial charge in [-0.3, -0.25) is 0 Å². The smallest absolute Gasteiger partial charge is 0.282 e. The predicted octanol–water partition coefficient (Wildman–Crippen LogP) is 1.43. The van der Waals surface area contributed by atoms with Crippen molar-refractivity contribution in [3.63, 3.8) is 0 Å². The fraction of sp³-hybridized carbons (Fsp3) is 1.00. The van der Waals surface area contributed by atoms with Gasteiger partial charge in [0.1, 0.15) is 0 Å². The summed E-state index contributed by atoms with van der Waals surface area (Å²) in [6.45, 7) is 8.17. The zero-order valence-electron chi connectivity index (χ0n) is 12.8. The standard InChI is InChI=1S/C14H29N3O2S/c1-3-9-15-12-13-7-10-16(11-8-13)20(18,19)17(4-2)14-5-6-14/h13-15H,3-12H2,1-2H3. The highest BCUT2D eigenvalue weighted by Gasteiger charge is 2.40. The molecule has 0 spiro atoms. The van der Waals surface area contributed by atoms with Crippen LogP contribution in [-0.2, 0) is 10.2 Å². The van der Waals surface area contributed by atoms with Crippen molar-refractivity contribution in [2.24, 2.45) is 5.92 Å². The molecular weight excluding hydrogens is 274 g/mol. The van der Waals surface area contributed by atoms with Gasteiger partial charge in [-0.25, -0.2) is 0 Å². The van der Waals surface area contributed by atoms with Crippen LogP contribution in [0.4, 0.5) is 0 Å². The quantitative estimate of drug-likeness (QED) is 0.690. The molecule has 1 saturated carbocycles. The Balaban J connectivity index is 1.83. The van der Waals surface area contributed by atoms with Crippen LogP contribution in [0.15, 0.2) is 0 Å². The third-order valence-electron chi connectivity index (χ3n) is 4.32. The van der Waals surface area contributed by atoms with E-state index in [4.69, 9.17) is 0 Å². The molecule has 6 heteroatoms. The van der Waals surface area contributed by atoms with Gasteiger partial charge >= 0.3 is 0 Å². The van der Waals surface area contributed by atoms with Gasteiger partial charge in [-0.2, -0.15) is 17.0 Å². The van der Waals surface area contributed by atoms with Gasteiger partial charge in [0.05, 0.1) is 0 Å². The minimum atomic E-state index is -3.21. The number of piperidine rings is 1. The SMILES string of the molecule is CCCNCC1CCN(S(=O)(=O)N(CC)C2CC2)CC1. The molecule has 0 atom stereocenters. The van der Waals surface area contributed by atoms with Gasteiger partial charge in [0.2, 0.25) is 0 Å². The summed E-state index contributed by atoms with van der Waals surface area (Å²) in [6, 6.07) is 0.272. The van der Waals surface area contributed by atoms with Crippen LogP contribution in [0.5, 0.6) is 0 Å². The molecule has 1 heterocycles. The zero-order valence-corrected chi connectivity index (χ0v) is 13.7. The van der Waals surface area contributed by atoms with E-state index in [1.807, 2.05) is 6.92 Å². The van der Waals surface area contributed by atoms with Crippen LogP contribution in [0, 0.1) is 5.92 Å². The molecule has 1 aliphatic carbocycles. The van der Waals surface area contributed by atoms with Crippen molar-refractivity contribution in [3.05, 3.63) is 0 Å². The lowest BCUT2D eigenvalue weighted by Gasteiger charge is -2.34. The van der Waals surface area contributed by atoms with E-state index in [0.29, 0.717) is 25.6 Å². The number of rotatable bonds is 8. The summed E-state index contributed by atoms with van der Waals surface area (Å²) in [6.07, 6.45) is 5.19. The first-order valence-corrected chi connectivity index (χ1v) is 9.46. The summed E-state index contributed by atoms with van der Waals surface area (Å²) in [5.41, 5.74) is 0. The van der Waals surface area contributed by atoms with E-state index < -0.39 is 10.2 Å². The summed E-state index contributed by atoms with van der Waals surface area (Å²) in [5.74, 6) is 0.629. The van der Waals surface area contributed by atoms with Gasteiger partial charge in [0.15, 0.2) is 0 Å². The first-order valence-electron chi connectivity index (χ1n) is 8.07. The Morgan fingerprint density at radius 2 is 1.80 bits per heavy atom. The normalized spacial score (nSPS) is 22.6. The van der Waals surface area contributed by atoms with Gasteiger partial charge in [0.25, 0.3) is 10.2 Å². The van der Waals surface area contributed by atoms with E-state index >= 15 is 0 Å². The second-order valence-electron chi connectivity index (χ2n) is 5.99. The first-order chi connectivity index (χ1) is 9.59. The van der Waals surface area contributed by atoms with Crippen LogP contribution >= 0.6 is 0 Å². The van der Waals surface area contributed by atoms with E-state index in [0.717, 1.165) is 45.2 Å². The Kier molecular flexibility index (Phi) is 5.84. The van der Waals surface area contributed by atoms with Crippen LogP contribution < -0.4 is 5.32 Å². The van der Waals surface area contributed by atoms with Gasteiger partial charge in [-0.1, -0.05) is 13.8 Å².